The average Bonchev–Trinajstić information content (AvgIpc) is 1.66. The number of hydrogen-bond donors (Lipinski definition) is 3. The van der Waals surface area contributed by atoms with Gasteiger partial charge in [-0.2, -0.15) is 0 Å². The van der Waals surface area contributed by atoms with E-state index in [1.807, 2.05) is 0 Å². The lowest BCUT2D eigenvalue weighted by Gasteiger charge is -2.21. The van der Waals surface area contributed by atoms with E-state index in [0.29, 0.717) is 25.7 Å². The summed E-state index contributed by atoms with van der Waals surface area (Å²) < 4.78 is 68.7. The SMILES string of the molecule is CCCCCCCCCCCCCCCCCCC(=O)O[C@H](COC(=O)CCCCCCCCCCCCCCCCC)COP(=O)(O)OC[C@@H](O)COP(=O)(O)OC[C@@H](COC(=O)CCCCCCCCCCCC(C)C)OC(=O)CCCCCCCCCCCCCCCC. The van der Waals surface area contributed by atoms with E-state index in [4.69, 9.17) is 37.0 Å². The number of aliphatic hydroxyl groups excluding tert-OH is 1. The number of carbonyl (C=O) groups is 4. The molecule has 3 N–H and O–H groups in total. The normalized spacial score (nSPS) is 13.9. The summed E-state index contributed by atoms with van der Waals surface area (Å²) in [6, 6.07) is 0. The smallest absolute Gasteiger partial charge is 0.462 e. The lowest BCUT2D eigenvalue weighted by molar-refractivity contribution is -0.161. The number of aliphatic hydroxyl groups is 1. The van der Waals surface area contributed by atoms with E-state index in [1.54, 1.807) is 0 Å². The number of rotatable bonds is 78. The number of hydrogen-bond acceptors (Lipinski definition) is 15. The van der Waals surface area contributed by atoms with Gasteiger partial charge < -0.3 is 33.8 Å². The van der Waals surface area contributed by atoms with Crippen LogP contribution in [0.15, 0.2) is 0 Å². The first kappa shape index (κ1) is 95.1. The van der Waals surface area contributed by atoms with Crippen LogP contribution in [-0.2, 0) is 65.4 Å². The summed E-state index contributed by atoms with van der Waals surface area (Å²) in [5.41, 5.74) is 0. The van der Waals surface area contributed by atoms with E-state index < -0.39 is 97.5 Å². The van der Waals surface area contributed by atoms with Gasteiger partial charge in [0.15, 0.2) is 12.2 Å². The van der Waals surface area contributed by atoms with Crippen molar-refractivity contribution in [2.45, 2.75) is 432 Å². The highest BCUT2D eigenvalue weighted by Gasteiger charge is 2.30. The summed E-state index contributed by atoms with van der Waals surface area (Å²) in [7, 11) is -9.91. The molecule has 0 bridgehead atoms. The van der Waals surface area contributed by atoms with Crippen molar-refractivity contribution < 1.29 is 80.2 Å². The summed E-state index contributed by atoms with van der Waals surface area (Å²) in [6.45, 7) is 7.30. The Kier molecular flexibility index (Phi) is 69.6. The maximum atomic E-state index is 13.1. The highest BCUT2D eigenvalue weighted by Crippen LogP contribution is 2.45. The molecule has 0 spiro atoms. The molecule has 0 aromatic carbocycles. The van der Waals surface area contributed by atoms with Crippen molar-refractivity contribution in [2.75, 3.05) is 39.6 Å². The average molecular weight is 1420 g/mol. The molecule has 0 rings (SSSR count). The molecule has 0 aliphatic rings. The lowest BCUT2D eigenvalue weighted by atomic mass is 10.0. The largest absolute Gasteiger partial charge is 0.472 e. The molecular weight excluding hydrogens is 1270 g/mol. The Morgan fingerprint density at radius 2 is 0.474 bits per heavy atom. The van der Waals surface area contributed by atoms with Gasteiger partial charge in [0.05, 0.1) is 26.4 Å². The monoisotopic (exact) mass is 1420 g/mol. The van der Waals surface area contributed by atoms with Gasteiger partial charge in [-0.3, -0.25) is 37.3 Å². The maximum absolute atomic E-state index is 13.1. The Morgan fingerprint density at radius 1 is 0.278 bits per heavy atom. The van der Waals surface area contributed by atoms with Crippen LogP contribution in [0.4, 0.5) is 0 Å². The van der Waals surface area contributed by atoms with Crippen molar-refractivity contribution in [1.29, 1.82) is 0 Å². The van der Waals surface area contributed by atoms with Gasteiger partial charge in [0.2, 0.25) is 0 Å². The lowest BCUT2D eigenvalue weighted by Crippen LogP contribution is -2.30. The maximum Gasteiger partial charge on any atom is 0.472 e. The van der Waals surface area contributed by atoms with Gasteiger partial charge in [-0.25, -0.2) is 9.13 Å². The van der Waals surface area contributed by atoms with Gasteiger partial charge in [-0.15, -0.1) is 0 Å². The Morgan fingerprint density at radius 3 is 0.701 bits per heavy atom. The van der Waals surface area contributed by atoms with Gasteiger partial charge >= 0.3 is 39.5 Å². The molecule has 0 saturated heterocycles. The van der Waals surface area contributed by atoms with Crippen LogP contribution in [0.25, 0.3) is 0 Å². The second-order valence-corrected chi connectivity index (χ2v) is 31.5. The highest BCUT2D eigenvalue weighted by atomic mass is 31.2. The van der Waals surface area contributed by atoms with Crippen molar-refractivity contribution in [3.63, 3.8) is 0 Å². The molecule has 0 heterocycles. The molecule has 2 unspecified atom stereocenters. The zero-order chi connectivity index (χ0) is 71.2. The fourth-order valence-corrected chi connectivity index (χ4v) is 13.6. The van der Waals surface area contributed by atoms with E-state index in [-0.39, 0.29) is 25.7 Å². The van der Waals surface area contributed by atoms with E-state index in [1.165, 1.54) is 238 Å². The fourth-order valence-electron chi connectivity index (χ4n) is 12.1. The summed E-state index contributed by atoms with van der Waals surface area (Å²) in [6.07, 6.45) is 60.9. The van der Waals surface area contributed by atoms with E-state index in [9.17, 15) is 43.2 Å². The number of esters is 4. The predicted octanol–water partition coefficient (Wildman–Crippen LogP) is 23.3. The number of phosphoric acid groups is 2. The van der Waals surface area contributed by atoms with Gasteiger partial charge in [0.25, 0.3) is 0 Å². The molecule has 97 heavy (non-hydrogen) atoms. The van der Waals surface area contributed by atoms with E-state index >= 15 is 0 Å². The quantitative estimate of drug-likeness (QED) is 0.0222. The molecule has 0 aliphatic carbocycles. The summed E-state index contributed by atoms with van der Waals surface area (Å²) in [5, 5.41) is 10.6. The molecule has 5 atom stereocenters. The molecule has 17 nitrogen and oxygen atoms in total. The standard InChI is InChI=1S/C78H152O17P2/c1-6-9-12-15-18-21-24-27-30-32-35-38-43-49-54-59-64-78(83)94-73(67-88-75(80)61-56-51-46-41-36-34-31-28-25-22-19-16-13-10-7-2)69-92-96(84,85)90-65-72(79)66-91-97(86,87)93-70-74(68-89-76(81)62-57-52-47-44-39-40-45-50-55-60-71(4)5)95-77(82)63-58-53-48-42-37-33-29-26-23-20-17-14-11-8-3/h71-74,79H,6-70H2,1-5H3,(H,84,85)(H,86,87)/t72-,73-,74-/m1/s1. The fraction of sp³-hybridized carbons (Fsp3) is 0.949. The molecule has 0 aromatic rings. The van der Waals surface area contributed by atoms with Gasteiger partial charge in [0.1, 0.15) is 19.3 Å². The molecule has 576 valence electrons. The molecule has 0 saturated carbocycles. The van der Waals surface area contributed by atoms with Crippen molar-refractivity contribution in [1.82, 2.24) is 0 Å². The van der Waals surface area contributed by atoms with Crippen LogP contribution in [0.2, 0.25) is 0 Å². The van der Waals surface area contributed by atoms with Crippen molar-refractivity contribution in [3.05, 3.63) is 0 Å². The van der Waals surface area contributed by atoms with Gasteiger partial charge in [-0.1, -0.05) is 362 Å². The summed E-state index contributed by atoms with van der Waals surface area (Å²) in [4.78, 5) is 72.9. The number of unbranched alkanes of at least 4 members (excludes halogenated alkanes) is 50. The highest BCUT2D eigenvalue weighted by molar-refractivity contribution is 7.47. The summed E-state index contributed by atoms with van der Waals surface area (Å²) >= 11 is 0. The molecule has 0 amide bonds. The van der Waals surface area contributed by atoms with Crippen LogP contribution in [-0.4, -0.2) is 96.7 Å². The van der Waals surface area contributed by atoms with E-state index in [2.05, 4.69) is 34.6 Å². The van der Waals surface area contributed by atoms with Crippen molar-refractivity contribution >= 4 is 39.5 Å². The Labute approximate surface area is 594 Å². The Hall–Kier alpha value is -1.94. The molecule has 0 aliphatic heterocycles. The molecule has 19 heteroatoms. The molecule has 0 radical (unpaired) electrons. The zero-order valence-electron chi connectivity index (χ0n) is 63.2. The van der Waals surface area contributed by atoms with Crippen LogP contribution in [0, 0.1) is 5.92 Å². The second-order valence-electron chi connectivity index (χ2n) is 28.6. The Balaban J connectivity index is 5.26. The number of carbonyl (C=O) groups excluding carboxylic acids is 4. The van der Waals surface area contributed by atoms with Crippen LogP contribution >= 0.6 is 15.6 Å². The third-order valence-electron chi connectivity index (χ3n) is 18.3. The Bertz CT molecular complexity index is 1860. The number of ether oxygens (including phenoxy) is 4. The molecule has 0 fully saturated rings. The topological polar surface area (TPSA) is 237 Å². The van der Waals surface area contributed by atoms with Crippen molar-refractivity contribution in [2.24, 2.45) is 5.92 Å². The molecule has 0 aromatic heterocycles. The van der Waals surface area contributed by atoms with Crippen LogP contribution in [0.1, 0.15) is 413 Å². The minimum atomic E-state index is -4.96. The first-order valence-corrected chi connectivity index (χ1v) is 43.6. The van der Waals surface area contributed by atoms with Crippen LogP contribution in [0.3, 0.4) is 0 Å². The predicted molar refractivity (Wildman–Crippen MR) is 395 cm³/mol. The zero-order valence-corrected chi connectivity index (χ0v) is 65.0. The first-order chi connectivity index (χ1) is 47.0. The third-order valence-corrected chi connectivity index (χ3v) is 20.2. The van der Waals surface area contributed by atoms with Gasteiger partial charge in [0, 0.05) is 25.7 Å². The van der Waals surface area contributed by atoms with Crippen LogP contribution < -0.4 is 0 Å². The second kappa shape index (κ2) is 71.1. The first-order valence-electron chi connectivity index (χ1n) is 40.6. The van der Waals surface area contributed by atoms with E-state index in [0.717, 1.165) is 95.8 Å². The summed E-state index contributed by atoms with van der Waals surface area (Å²) in [5.74, 6) is -1.36. The number of phosphoric ester groups is 2. The minimum absolute atomic E-state index is 0.108. The minimum Gasteiger partial charge on any atom is -0.462 e. The third kappa shape index (κ3) is 72.2. The van der Waals surface area contributed by atoms with Crippen LogP contribution in [0.5, 0.6) is 0 Å². The molecular formula is C78H152O17P2. The van der Waals surface area contributed by atoms with Gasteiger partial charge in [-0.05, 0) is 31.6 Å². The van der Waals surface area contributed by atoms with Crippen molar-refractivity contribution in [3.8, 4) is 0 Å².